The summed E-state index contributed by atoms with van der Waals surface area (Å²) < 4.78 is 0. The summed E-state index contributed by atoms with van der Waals surface area (Å²) in [6.45, 7) is 1.95. The van der Waals surface area contributed by atoms with E-state index in [4.69, 9.17) is 23.1 Å². The Balaban J connectivity index is 2.83. The molecule has 0 saturated heterocycles. The molecule has 0 radical (unpaired) electrons. The van der Waals surface area contributed by atoms with Crippen LogP contribution in [0.4, 0.5) is 0 Å². The zero-order chi connectivity index (χ0) is 13.7. The van der Waals surface area contributed by atoms with Crippen molar-refractivity contribution in [2.45, 2.75) is 25.8 Å². The zero-order valence-electron chi connectivity index (χ0n) is 10.0. The Hall–Kier alpha value is -1.82. The van der Waals surface area contributed by atoms with Crippen LogP contribution < -0.4 is 11.1 Å². The van der Waals surface area contributed by atoms with Gasteiger partial charge in [-0.1, -0.05) is 25.6 Å². The third-order valence-corrected chi connectivity index (χ3v) is 2.74. The van der Waals surface area contributed by atoms with E-state index in [0.717, 1.165) is 12.5 Å². The number of carbonyl (C=O) groups excluding carboxylic acids is 1. The number of carbonyl (C=O) groups is 1. The van der Waals surface area contributed by atoms with Gasteiger partial charge in [0.15, 0.2) is 0 Å². The first-order valence-corrected chi connectivity index (χ1v) is 5.98. The van der Waals surface area contributed by atoms with Gasteiger partial charge in [0, 0.05) is 6.07 Å². The number of hydrogen-bond acceptors (Lipinski definition) is 4. The lowest BCUT2D eigenvalue weighted by Crippen LogP contribution is -2.43. The van der Waals surface area contributed by atoms with Crippen molar-refractivity contribution in [3.8, 4) is 11.5 Å². The number of phenolic OH excluding ortho intramolecular Hbond substituents is 2. The van der Waals surface area contributed by atoms with Crippen molar-refractivity contribution in [3.05, 3.63) is 23.8 Å². The third kappa shape index (κ3) is 3.59. The Kier molecular flexibility index (Phi) is 4.91. The van der Waals surface area contributed by atoms with Gasteiger partial charge in [-0.3, -0.25) is 4.79 Å². The first kappa shape index (κ1) is 14.2. The van der Waals surface area contributed by atoms with Crippen LogP contribution in [0.5, 0.6) is 11.5 Å². The fourth-order valence-electron chi connectivity index (χ4n) is 1.52. The molecule has 0 spiro atoms. The molecule has 1 atom stereocenters. The summed E-state index contributed by atoms with van der Waals surface area (Å²) in [5.41, 5.74) is 5.60. The van der Waals surface area contributed by atoms with Gasteiger partial charge < -0.3 is 21.3 Å². The molecule has 1 unspecified atom stereocenters. The molecule has 0 saturated carbocycles. The van der Waals surface area contributed by atoms with Crippen LogP contribution in [0.3, 0.4) is 0 Å². The highest BCUT2D eigenvalue weighted by atomic mass is 32.1. The number of benzene rings is 1. The number of nitrogens with two attached hydrogens (primary N) is 1. The van der Waals surface area contributed by atoms with Crippen molar-refractivity contribution in [2.75, 3.05) is 0 Å². The second-order valence-electron chi connectivity index (χ2n) is 3.92. The van der Waals surface area contributed by atoms with Crippen LogP contribution in [0.2, 0.25) is 0 Å². The van der Waals surface area contributed by atoms with E-state index in [0.29, 0.717) is 6.42 Å². The average molecular weight is 268 g/mol. The van der Waals surface area contributed by atoms with E-state index in [2.05, 4.69) is 5.32 Å². The van der Waals surface area contributed by atoms with Crippen LogP contribution >= 0.6 is 12.2 Å². The molecular weight excluding hydrogens is 252 g/mol. The molecule has 1 aromatic rings. The molecule has 18 heavy (non-hydrogen) atoms. The van der Waals surface area contributed by atoms with Crippen molar-refractivity contribution in [2.24, 2.45) is 5.73 Å². The molecule has 6 heteroatoms. The minimum Gasteiger partial charge on any atom is -0.508 e. The Morgan fingerprint density at radius 1 is 1.50 bits per heavy atom. The lowest BCUT2D eigenvalue weighted by Gasteiger charge is -2.17. The molecule has 0 bridgehead atoms. The summed E-state index contributed by atoms with van der Waals surface area (Å²) in [7, 11) is 0. The topological polar surface area (TPSA) is 95.6 Å². The Labute approximate surface area is 111 Å². The molecule has 5 nitrogen and oxygen atoms in total. The van der Waals surface area contributed by atoms with Gasteiger partial charge in [0.25, 0.3) is 5.91 Å². The number of rotatable bonds is 5. The summed E-state index contributed by atoms with van der Waals surface area (Å²) in [4.78, 5) is 12.1. The monoisotopic (exact) mass is 268 g/mol. The number of thiocarbonyl (C=S) groups is 1. The largest absolute Gasteiger partial charge is 0.508 e. The quantitative estimate of drug-likeness (QED) is 0.603. The SMILES string of the molecule is CCCC(NC(=O)c1ccc(O)cc1O)C(N)=S. The second-order valence-corrected chi connectivity index (χ2v) is 4.39. The standard InChI is InChI=1S/C12H16N2O3S/c1-2-3-9(11(13)18)14-12(17)8-5-4-7(15)6-10(8)16/h4-6,9,15-16H,2-3H2,1H3,(H2,13,18)(H,14,17). The molecule has 0 aliphatic carbocycles. The van der Waals surface area contributed by atoms with E-state index in [1.54, 1.807) is 0 Å². The highest BCUT2D eigenvalue weighted by Crippen LogP contribution is 2.22. The summed E-state index contributed by atoms with van der Waals surface area (Å²) in [6.07, 6.45) is 1.46. The van der Waals surface area contributed by atoms with E-state index in [1.165, 1.54) is 12.1 Å². The summed E-state index contributed by atoms with van der Waals surface area (Å²) >= 11 is 4.86. The van der Waals surface area contributed by atoms with Crippen molar-refractivity contribution in [1.29, 1.82) is 0 Å². The maximum absolute atomic E-state index is 11.9. The molecule has 1 amide bonds. The minimum atomic E-state index is -0.473. The minimum absolute atomic E-state index is 0.0742. The lowest BCUT2D eigenvalue weighted by molar-refractivity contribution is 0.0943. The molecule has 0 heterocycles. The Bertz CT molecular complexity index is 463. The Morgan fingerprint density at radius 2 is 2.17 bits per heavy atom. The maximum atomic E-state index is 11.9. The Morgan fingerprint density at radius 3 is 2.67 bits per heavy atom. The van der Waals surface area contributed by atoms with E-state index in [-0.39, 0.29) is 22.1 Å². The fourth-order valence-corrected chi connectivity index (χ4v) is 1.70. The van der Waals surface area contributed by atoms with Crippen molar-refractivity contribution in [1.82, 2.24) is 5.32 Å². The summed E-state index contributed by atoms with van der Waals surface area (Å²) in [6, 6.07) is 3.36. The van der Waals surface area contributed by atoms with E-state index in [1.807, 2.05) is 6.92 Å². The molecule has 98 valence electrons. The molecule has 1 aromatic carbocycles. The first-order chi connectivity index (χ1) is 8.45. The second kappa shape index (κ2) is 6.20. The number of hydrogen-bond donors (Lipinski definition) is 4. The lowest BCUT2D eigenvalue weighted by atomic mass is 10.1. The van der Waals surface area contributed by atoms with Gasteiger partial charge in [-0.15, -0.1) is 0 Å². The molecular formula is C12H16N2O3S. The predicted molar refractivity (Wildman–Crippen MR) is 72.7 cm³/mol. The smallest absolute Gasteiger partial charge is 0.255 e. The molecule has 0 aromatic heterocycles. The van der Waals surface area contributed by atoms with Gasteiger partial charge in [0.05, 0.1) is 16.6 Å². The van der Waals surface area contributed by atoms with Gasteiger partial charge in [-0.05, 0) is 18.6 Å². The molecule has 0 fully saturated rings. The van der Waals surface area contributed by atoms with E-state index < -0.39 is 11.9 Å². The first-order valence-electron chi connectivity index (χ1n) is 5.57. The van der Waals surface area contributed by atoms with Gasteiger partial charge in [0.2, 0.25) is 0 Å². The van der Waals surface area contributed by atoms with E-state index >= 15 is 0 Å². The van der Waals surface area contributed by atoms with Gasteiger partial charge in [0.1, 0.15) is 11.5 Å². The van der Waals surface area contributed by atoms with Crippen LogP contribution in [-0.4, -0.2) is 27.2 Å². The van der Waals surface area contributed by atoms with Crippen LogP contribution in [0.1, 0.15) is 30.1 Å². The highest BCUT2D eigenvalue weighted by molar-refractivity contribution is 7.80. The van der Waals surface area contributed by atoms with E-state index in [9.17, 15) is 9.90 Å². The number of amides is 1. The predicted octanol–water partition coefficient (Wildman–Crippen LogP) is 1.28. The molecule has 1 rings (SSSR count). The molecule has 0 aliphatic rings. The highest BCUT2D eigenvalue weighted by Gasteiger charge is 2.17. The number of nitrogens with one attached hydrogen (secondary N) is 1. The average Bonchev–Trinajstić information content (AvgIpc) is 2.27. The fraction of sp³-hybridized carbons (Fsp3) is 0.333. The van der Waals surface area contributed by atoms with Crippen molar-refractivity contribution in [3.63, 3.8) is 0 Å². The van der Waals surface area contributed by atoms with Gasteiger partial charge in [-0.2, -0.15) is 0 Å². The molecule has 0 aliphatic heterocycles. The van der Waals surface area contributed by atoms with Crippen molar-refractivity contribution >= 4 is 23.1 Å². The number of phenols is 2. The van der Waals surface area contributed by atoms with Crippen LogP contribution in [0, 0.1) is 0 Å². The van der Waals surface area contributed by atoms with Crippen LogP contribution in [0.15, 0.2) is 18.2 Å². The normalized spacial score (nSPS) is 11.8. The summed E-state index contributed by atoms with van der Waals surface area (Å²) in [5, 5.41) is 21.3. The number of aromatic hydroxyl groups is 2. The van der Waals surface area contributed by atoms with Gasteiger partial charge in [-0.25, -0.2) is 0 Å². The van der Waals surface area contributed by atoms with Crippen LogP contribution in [0.25, 0.3) is 0 Å². The zero-order valence-corrected chi connectivity index (χ0v) is 10.8. The third-order valence-electron chi connectivity index (χ3n) is 2.45. The maximum Gasteiger partial charge on any atom is 0.255 e. The van der Waals surface area contributed by atoms with Crippen LogP contribution in [-0.2, 0) is 0 Å². The summed E-state index contributed by atoms with van der Waals surface area (Å²) in [5.74, 6) is -0.868. The van der Waals surface area contributed by atoms with Gasteiger partial charge >= 0.3 is 0 Å². The molecule has 5 N–H and O–H groups in total. The van der Waals surface area contributed by atoms with Crippen molar-refractivity contribution < 1.29 is 15.0 Å².